The van der Waals surface area contributed by atoms with Gasteiger partial charge in [0.1, 0.15) is 11.4 Å². The predicted molar refractivity (Wildman–Crippen MR) is 62.7 cm³/mol. The average Bonchev–Trinajstić information content (AvgIpc) is 2.18. The molecule has 0 aromatic heterocycles. The largest absolute Gasteiger partial charge is 0.460 e. The lowest BCUT2D eigenvalue weighted by Crippen LogP contribution is -2.24. The lowest BCUT2D eigenvalue weighted by atomic mass is 10.1. The van der Waals surface area contributed by atoms with Crippen LogP contribution in [0, 0.1) is 0 Å². The summed E-state index contributed by atoms with van der Waals surface area (Å²) in [6.07, 6.45) is 0.207. The van der Waals surface area contributed by atoms with Crippen molar-refractivity contribution in [1.29, 1.82) is 0 Å². The Morgan fingerprint density at radius 2 is 1.82 bits per heavy atom. The third-order valence-corrected chi connectivity index (χ3v) is 1.88. The van der Waals surface area contributed by atoms with E-state index in [1.807, 2.05) is 20.8 Å². The summed E-state index contributed by atoms with van der Waals surface area (Å²) in [4.78, 5) is 21.6. The zero-order valence-corrected chi connectivity index (χ0v) is 10.2. The summed E-state index contributed by atoms with van der Waals surface area (Å²) in [6, 6.07) is 6.72. The van der Waals surface area contributed by atoms with Crippen molar-refractivity contribution in [2.24, 2.45) is 0 Å². The smallest absolute Gasteiger partial charge is 0.310 e. The van der Waals surface area contributed by atoms with E-state index in [4.69, 9.17) is 4.74 Å². The van der Waals surface area contributed by atoms with Gasteiger partial charge in [-0.25, -0.2) is 0 Å². The Labute approximate surface area is 101 Å². The fourth-order valence-electron chi connectivity index (χ4n) is 1.29. The van der Waals surface area contributed by atoms with Gasteiger partial charge >= 0.3 is 5.97 Å². The summed E-state index contributed by atoms with van der Waals surface area (Å²) in [5.41, 5.74) is 0.343. The lowest BCUT2D eigenvalue weighted by Gasteiger charge is -2.19. The van der Waals surface area contributed by atoms with Crippen molar-refractivity contribution in [3.05, 3.63) is 29.8 Å². The zero-order valence-electron chi connectivity index (χ0n) is 10.2. The molecule has 17 heavy (non-hydrogen) atoms. The van der Waals surface area contributed by atoms with Crippen LogP contribution < -0.4 is 4.74 Å². The highest BCUT2D eigenvalue weighted by atomic mass is 16.6. The van der Waals surface area contributed by atoms with Crippen LogP contribution in [0.5, 0.6) is 5.75 Å². The minimum atomic E-state index is -0.475. The summed E-state index contributed by atoms with van der Waals surface area (Å²) < 4.78 is 9.84. The van der Waals surface area contributed by atoms with Gasteiger partial charge in [-0.3, -0.25) is 9.59 Å². The van der Waals surface area contributed by atoms with Crippen molar-refractivity contribution in [1.82, 2.24) is 0 Å². The summed E-state index contributed by atoms with van der Waals surface area (Å²) >= 11 is 0. The van der Waals surface area contributed by atoms with Crippen LogP contribution in [0.2, 0.25) is 0 Å². The summed E-state index contributed by atoms with van der Waals surface area (Å²) in [5.74, 6) is 0.175. The van der Waals surface area contributed by atoms with Gasteiger partial charge < -0.3 is 9.47 Å². The molecule has 0 aliphatic carbocycles. The van der Waals surface area contributed by atoms with Crippen molar-refractivity contribution in [3.63, 3.8) is 0 Å². The van der Waals surface area contributed by atoms with Gasteiger partial charge in [0.15, 0.2) is 0 Å². The van der Waals surface area contributed by atoms with E-state index in [2.05, 4.69) is 4.74 Å². The molecule has 4 heteroatoms. The number of benzene rings is 1. The zero-order chi connectivity index (χ0) is 12.9. The Kier molecular flexibility index (Phi) is 4.26. The van der Waals surface area contributed by atoms with Gasteiger partial charge in [-0.15, -0.1) is 0 Å². The van der Waals surface area contributed by atoms with Crippen LogP contribution in [0.4, 0.5) is 0 Å². The first-order chi connectivity index (χ1) is 7.90. The molecule has 0 amide bonds. The molecule has 0 fully saturated rings. The van der Waals surface area contributed by atoms with Crippen LogP contribution in [0.15, 0.2) is 24.3 Å². The molecule has 0 bridgehead atoms. The SMILES string of the molecule is CC(C)(C)OC(=O)Cc1ccc(OC=O)cc1. The van der Waals surface area contributed by atoms with E-state index < -0.39 is 5.60 Å². The number of carbonyl (C=O) groups is 2. The molecule has 0 saturated heterocycles. The molecule has 0 aliphatic rings. The van der Waals surface area contributed by atoms with Crippen molar-refractivity contribution < 1.29 is 19.1 Å². The molecular formula is C13H16O4. The molecule has 4 nitrogen and oxygen atoms in total. The molecule has 0 saturated carbocycles. The average molecular weight is 236 g/mol. The van der Waals surface area contributed by atoms with Gasteiger partial charge in [-0.1, -0.05) is 12.1 Å². The quantitative estimate of drug-likeness (QED) is 0.593. The molecule has 1 aromatic carbocycles. The highest BCUT2D eigenvalue weighted by Crippen LogP contribution is 2.14. The van der Waals surface area contributed by atoms with Crippen LogP contribution in [-0.4, -0.2) is 18.0 Å². The second kappa shape index (κ2) is 5.48. The topological polar surface area (TPSA) is 52.6 Å². The molecule has 1 rings (SSSR count). The van der Waals surface area contributed by atoms with Crippen molar-refractivity contribution in [3.8, 4) is 5.75 Å². The maximum absolute atomic E-state index is 11.5. The lowest BCUT2D eigenvalue weighted by molar-refractivity contribution is -0.153. The van der Waals surface area contributed by atoms with Crippen molar-refractivity contribution >= 4 is 12.4 Å². The van der Waals surface area contributed by atoms with Gasteiger partial charge in [0, 0.05) is 0 Å². The summed E-state index contributed by atoms with van der Waals surface area (Å²) in [7, 11) is 0. The van der Waals surface area contributed by atoms with Gasteiger partial charge in [0.2, 0.25) is 0 Å². The number of esters is 1. The normalized spacial score (nSPS) is 10.8. The van der Waals surface area contributed by atoms with E-state index >= 15 is 0 Å². The third-order valence-electron chi connectivity index (χ3n) is 1.88. The second-order valence-electron chi connectivity index (χ2n) is 4.62. The Balaban J connectivity index is 2.57. The Hall–Kier alpha value is -1.84. The minimum Gasteiger partial charge on any atom is -0.460 e. The van der Waals surface area contributed by atoms with Crippen LogP contribution >= 0.6 is 0 Å². The molecular weight excluding hydrogens is 220 g/mol. The number of carbonyl (C=O) groups excluding carboxylic acids is 2. The highest BCUT2D eigenvalue weighted by Gasteiger charge is 2.16. The molecule has 0 radical (unpaired) electrons. The van der Waals surface area contributed by atoms with E-state index in [9.17, 15) is 9.59 Å². The fourth-order valence-corrected chi connectivity index (χ4v) is 1.29. The number of hydrogen-bond acceptors (Lipinski definition) is 4. The van der Waals surface area contributed by atoms with Gasteiger partial charge in [0.25, 0.3) is 6.47 Å². The first-order valence-corrected chi connectivity index (χ1v) is 5.32. The molecule has 0 heterocycles. The predicted octanol–water partition coefficient (Wildman–Crippen LogP) is 2.11. The molecule has 1 aromatic rings. The first-order valence-electron chi connectivity index (χ1n) is 5.32. The minimum absolute atomic E-state index is 0.207. The van der Waals surface area contributed by atoms with Crippen molar-refractivity contribution in [2.75, 3.05) is 0 Å². The maximum atomic E-state index is 11.5. The Bertz CT molecular complexity index is 387. The number of hydrogen-bond donors (Lipinski definition) is 0. The van der Waals surface area contributed by atoms with Gasteiger partial charge in [-0.05, 0) is 38.5 Å². The Morgan fingerprint density at radius 3 is 2.29 bits per heavy atom. The molecule has 0 spiro atoms. The second-order valence-corrected chi connectivity index (χ2v) is 4.62. The monoisotopic (exact) mass is 236 g/mol. The molecule has 0 atom stereocenters. The Morgan fingerprint density at radius 1 is 1.24 bits per heavy atom. The van der Waals surface area contributed by atoms with Gasteiger partial charge in [-0.2, -0.15) is 0 Å². The number of ether oxygens (including phenoxy) is 2. The summed E-state index contributed by atoms with van der Waals surface area (Å²) in [5, 5.41) is 0. The van der Waals surface area contributed by atoms with Crippen LogP contribution in [0.1, 0.15) is 26.3 Å². The fraction of sp³-hybridized carbons (Fsp3) is 0.385. The molecule has 92 valence electrons. The maximum Gasteiger partial charge on any atom is 0.310 e. The molecule has 0 aliphatic heterocycles. The van der Waals surface area contributed by atoms with Crippen LogP contribution in [0.25, 0.3) is 0 Å². The first kappa shape index (κ1) is 13.2. The van der Waals surface area contributed by atoms with Crippen LogP contribution in [-0.2, 0) is 20.7 Å². The van der Waals surface area contributed by atoms with E-state index in [-0.39, 0.29) is 12.4 Å². The number of rotatable bonds is 4. The van der Waals surface area contributed by atoms with E-state index in [1.165, 1.54) is 0 Å². The summed E-state index contributed by atoms with van der Waals surface area (Å²) in [6.45, 7) is 5.84. The third kappa shape index (κ3) is 5.15. The van der Waals surface area contributed by atoms with E-state index in [0.29, 0.717) is 12.2 Å². The van der Waals surface area contributed by atoms with Crippen molar-refractivity contribution in [2.45, 2.75) is 32.8 Å². The molecule has 0 N–H and O–H groups in total. The standard InChI is InChI=1S/C13H16O4/c1-13(2,3)17-12(15)8-10-4-6-11(7-5-10)16-9-14/h4-7,9H,8H2,1-3H3. The highest BCUT2D eigenvalue weighted by molar-refractivity contribution is 5.73. The molecule has 0 unspecified atom stereocenters. The van der Waals surface area contributed by atoms with E-state index in [0.717, 1.165) is 5.56 Å². The van der Waals surface area contributed by atoms with E-state index in [1.54, 1.807) is 24.3 Å². The van der Waals surface area contributed by atoms with Gasteiger partial charge in [0.05, 0.1) is 6.42 Å². The van der Waals surface area contributed by atoms with Crippen LogP contribution in [0.3, 0.4) is 0 Å².